The van der Waals surface area contributed by atoms with E-state index in [0.29, 0.717) is 5.16 Å². The van der Waals surface area contributed by atoms with E-state index in [0.717, 1.165) is 33.6 Å². The number of anilines is 1. The number of aromatic nitrogens is 4. The maximum Gasteiger partial charge on any atom is 0.243 e. The van der Waals surface area contributed by atoms with Crippen molar-refractivity contribution in [2.45, 2.75) is 32.9 Å². The first-order valence-corrected chi connectivity index (χ1v) is 10.5. The van der Waals surface area contributed by atoms with Crippen molar-refractivity contribution in [2.75, 3.05) is 17.6 Å². The SMILES string of the molecule is Cc1ccc(-n2nnnc2SCC(=O)NCC(=O)Nc2cccc(C)c2C)c(C)c1. The third-order valence-electron chi connectivity index (χ3n) is 4.68. The Morgan fingerprint density at radius 2 is 1.83 bits per heavy atom. The lowest BCUT2D eigenvalue weighted by Gasteiger charge is -2.11. The predicted octanol–water partition coefficient (Wildman–Crippen LogP) is 2.74. The van der Waals surface area contributed by atoms with Crippen molar-refractivity contribution in [3.63, 3.8) is 0 Å². The van der Waals surface area contributed by atoms with E-state index in [1.807, 2.05) is 64.1 Å². The highest BCUT2D eigenvalue weighted by molar-refractivity contribution is 7.99. The van der Waals surface area contributed by atoms with E-state index in [2.05, 4.69) is 26.2 Å². The van der Waals surface area contributed by atoms with E-state index in [9.17, 15) is 9.59 Å². The quantitative estimate of drug-likeness (QED) is 0.566. The van der Waals surface area contributed by atoms with Gasteiger partial charge in [0.05, 0.1) is 18.0 Å². The van der Waals surface area contributed by atoms with Crippen molar-refractivity contribution in [2.24, 2.45) is 0 Å². The smallest absolute Gasteiger partial charge is 0.243 e. The largest absolute Gasteiger partial charge is 0.346 e. The third-order valence-corrected chi connectivity index (χ3v) is 5.60. The highest BCUT2D eigenvalue weighted by Crippen LogP contribution is 2.21. The first-order valence-electron chi connectivity index (χ1n) is 9.46. The molecule has 0 saturated carbocycles. The monoisotopic (exact) mass is 424 g/mol. The summed E-state index contributed by atoms with van der Waals surface area (Å²) in [7, 11) is 0. The minimum atomic E-state index is -0.276. The van der Waals surface area contributed by atoms with Gasteiger partial charge in [-0.15, -0.1) is 5.10 Å². The Kier molecular flexibility index (Phi) is 6.83. The van der Waals surface area contributed by atoms with Crippen LogP contribution in [0.5, 0.6) is 0 Å². The highest BCUT2D eigenvalue weighted by Gasteiger charge is 2.14. The van der Waals surface area contributed by atoms with Crippen LogP contribution in [0.2, 0.25) is 0 Å². The summed E-state index contributed by atoms with van der Waals surface area (Å²) in [6, 6.07) is 11.7. The number of nitrogens with zero attached hydrogens (tertiary/aromatic N) is 4. The molecule has 0 unspecified atom stereocenters. The molecule has 1 heterocycles. The van der Waals surface area contributed by atoms with Gasteiger partial charge in [0.2, 0.25) is 17.0 Å². The Morgan fingerprint density at radius 3 is 2.60 bits per heavy atom. The fraction of sp³-hybridized carbons (Fsp3) is 0.286. The van der Waals surface area contributed by atoms with E-state index in [4.69, 9.17) is 0 Å². The van der Waals surface area contributed by atoms with E-state index in [1.165, 1.54) is 11.8 Å². The number of carbonyl (C=O) groups excluding carboxylic acids is 2. The number of thioether (sulfide) groups is 1. The second-order valence-electron chi connectivity index (χ2n) is 7.02. The van der Waals surface area contributed by atoms with E-state index in [1.54, 1.807) is 4.68 Å². The normalized spacial score (nSPS) is 10.7. The van der Waals surface area contributed by atoms with Crippen molar-refractivity contribution in [1.82, 2.24) is 25.5 Å². The Balaban J connectivity index is 1.53. The molecule has 30 heavy (non-hydrogen) atoms. The molecule has 0 radical (unpaired) electrons. The van der Waals surface area contributed by atoms with Crippen molar-refractivity contribution in [3.05, 3.63) is 58.7 Å². The Hall–Kier alpha value is -3.20. The van der Waals surface area contributed by atoms with Gasteiger partial charge in [-0.3, -0.25) is 9.59 Å². The molecule has 3 rings (SSSR count). The van der Waals surface area contributed by atoms with Crippen LogP contribution >= 0.6 is 11.8 Å². The van der Waals surface area contributed by atoms with Gasteiger partial charge in [-0.25, -0.2) is 0 Å². The van der Waals surface area contributed by atoms with Crippen LogP contribution in [-0.4, -0.2) is 44.3 Å². The molecule has 0 aliphatic heterocycles. The van der Waals surface area contributed by atoms with Crippen LogP contribution in [0.3, 0.4) is 0 Å². The second-order valence-corrected chi connectivity index (χ2v) is 7.97. The summed E-state index contributed by atoms with van der Waals surface area (Å²) in [6.45, 7) is 7.83. The van der Waals surface area contributed by atoms with Gasteiger partial charge in [0.15, 0.2) is 0 Å². The lowest BCUT2D eigenvalue weighted by molar-refractivity contribution is -0.122. The van der Waals surface area contributed by atoms with Crippen LogP contribution in [0, 0.1) is 27.7 Å². The second kappa shape index (κ2) is 9.53. The van der Waals surface area contributed by atoms with Gasteiger partial charge in [-0.05, 0) is 66.9 Å². The molecule has 0 saturated heterocycles. The first-order chi connectivity index (χ1) is 14.3. The minimum Gasteiger partial charge on any atom is -0.346 e. The fourth-order valence-corrected chi connectivity index (χ4v) is 3.62. The van der Waals surface area contributed by atoms with Gasteiger partial charge in [0.1, 0.15) is 0 Å². The molecule has 0 fully saturated rings. The molecule has 8 nitrogen and oxygen atoms in total. The summed E-state index contributed by atoms with van der Waals surface area (Å²) in [5.74, 6) is -0.448. The Morgan fingerprint density at radius 1 is 1.03 bits per heavy atom. The number of amides is 2. The molecule has 2 amide bonds. The summed E-state index contributed by atoms with van der Waals surface area (Å²) in [4.78, 5) is 24.3. The number of aryl methyl sites for hydroxylation is 3. The maximum absolute atomic E-state index is 12.2. The zero-order chi connectivity index (χ0) is 21.7. The Bertz CT molecular complexity index is 1080. The minimum absolute atomic E-state index is 0.0992. The number of rotatable bonds is 7. The van der Waals surface area contributed by atoms with Crippen molar-refractivity contribution in [3.8, 4) is 5.69 Å². The van der Waals surface area contributed by atoms with Gasteiger partial charge in [-0.2, -0.15) is 4.68 Å². The number of tetrazole rings is 1. The molecular formula is C21H24N6O2S. The van der Waals surface area contributed by atoms with E-state index < -0.39 is 0 Å². The van der Waals surface area contributed by atoms with Gasteiger partial charge in [0, 0.05) is 5.69 Å². The molecule has 156 valence electrons. The molecule has 0 spiro atoms. The Labute approximate surface area is 179 Å². The average Bonchev–Trinajstić information content (AvgIpc) is 3.16. The number of benzene rings is 2. The predicted molar refractivity (Wildman–Crippen MR) is 117 cm³/mol. The summed E-state index contributed by atoms with van der Waals surface area (Å²) in [6.07, 6.45) is 0. The van der Waals surface area contributed by atoms with Gasteiger partial charge in [-0.1, -0.05) is 41.6 Å². The van der Waals surface area contributed by atoms with E-state index >= 15 is 0 Å². The van der Waals surface area contributed by atoms with Crippen molar-refractivity contribution >= 4 is 29.3 Å². The van der Waals surface area contributed by atoms with Crippen LogP contribution in [-0.2, 0) is 9.59 Å². The molecule has 2 aromatic carbocycles. The zero-order valence-corrected chi connectivity index (χ0v) is 18.2. The molecule has 1 aromatic heterocycles. The number of nitrogens with one attached hydrogen (secondary N) is 2. The summed E-state index contributed by atoms with van der Waals surface area (Å²) in [5.41, 5.74) is 5.90. The topological polar surface area (TPSA) is 102 Å². The van der Waals surface area contributed by atoms with Crippen LogP contribution in [0.1, 0.15) is 22.3 Å². The van der Waals surface area contributed by atoms with Crippen LogP contribution in [0.25, 0.3) is 5.69 Å². The number of hydrogen-bond acceptors (Lipinski definition) is 6. The molecule has 2 N–H and O–H groups in total. The zero-order valence-electron chi connectivity index (χ0n) is 17.4. The average molecular weight is 425 g/mol. The molecule has 3 aromatic rings. The fourth-order valence-electron chi connectivity index (χ4n) is 2.90. The van der Waals surface area contributed by atoms with Crippen LogP contribution in [0.4, 0.5) is 5.69 Å². The lowest BCUT2D eigenvalue weighted by atomic mass is 10.1. The third kappa shape index (κ3) is 5.24. The molecule has 9 heteroatoms. The number of carbonyl (C=O) groups is 2. The van der Waals surface area contributed by atoms with Gasteiger partial charge >= 0.3 is 0 Å². The summed E-state index contributed by atoms with van der Waals surface area (Å²) in [5, 5.41) is 17.7. The van der Waals surface area contributed by atoms with E-state index in [-0.39, 0.29) is 24.1 Å². The van der Waals surface area contributed by atoms with Crippen molar-refractivity contribution < 1.29 is 9.59 Å². The van der Waals surface area contributed by atoms with Crippen LogP contribution in [0.15, 0.2) is 41.6 Å². The summed E-state index contributed by atoms with van der Waals surface area (Å²) < 4.78 is 1.61. The highest BCUT2D eigenvalue weighted by atomic mass is 32.2. The molecule has 0 bridgehead atoms. The molecule has 0 aliphatic carbocycles. The standard InChI is InChI=1S/C21H24N6O2S/c1-13-8-9-18(15(3)10-13)27-21(24-25-26-27)30-12-20(29)22-11-19(28)23-17-7-5-6-14(2)16(17)4/h5-10H,11-12H2,1-4H3,(H,22,29)(H,23,28). The maximum atomic E-state index is 12.2. The number of hydrogen-bond donors (Lipinski definition) is 2. The summed E-state index contributed by atoms with van der Waals surface area (Å²) >= 11 is 1.21. The molecule has 0 aliphatic rings. The van der Waals surface area contributed by atoms with Crippen molar-refractivity contribution in [1.29, 1.82) is 0 Å². The van der Waals surface area contributed by atoms with Gasteiger partial charge < -0.3 is 10.6 Å². The lowest BCUT2D eigenvalue weighted by Crippen LogP contribution is -2.34. The molecular weight excluding hydrogens is 400 g/mol. The van der Waals surface area contributed by atoms with Crippen LogP contribution < -0.4 is 10.6 Å². The van der Waals surface area contributed by atoms with Gasteiger partial charge in [0.25, 0.3) is 0 Å². The first kappa shape index (κ1) is 21.5. The molecule has 0 atom stereocenters.